The van der Waals surface area contributed by atoms with Gasteiger partial charge in [0.25, 0.3) is 0 Å². The molecule has 4 nitrogen and oxygen atoms in total. The lowest BCUT2D eigenvalue weighted by Crippen LogP contribution is -2.14. The quantitative estimate of drug-likeness (QED) is 0.685. The van der Waals surface area contributed by atoms with Gasteiger partial charge in [0.1, 0.15) is 0 Å². The van der Waals surface area contributed by atoms with Gasteiger partial charge in [-0.25, -0.2) is 0 Å². The van der Waals surface area contributed by atoms with Gasteiger partial charge in [0, 0.05) is 31.0 Å². The second-order valence-corrected chi connectivity index (χ2v) is 3.96. The second-order valence-electron chi connectivity index (χ2n) is 3.96. The predicted molar refractivity (Wildman–Crippen MR) is 58.6 cm³/mol. The summed E-state index contributed by atoms with van der Waals surface area (Å²) < 4.78 is 7.22. The molecule has 2 rings (SSSR count). The van der Waals surface area contributed by atoms with Crippen molar-refractivity contribution in [3.8, 4) is 0 Å². The van der Waals surface area contributed by atoms with Crippen LogP contribution in [0.3, 0.4) is 0 Å². The minimum Gasteiger partial charge on any atom is -0.380 e. The summed E-state index contributed by atoms with van der Waals surface area (Å²) in [6, 6.07) is 0.761. The highest BCUT2D eigenvalue weighted by molar-refractivity contribution is 5.04. The van der Waals surface area contributed by atoms with Crippen molar-refractivity contribution in [1.82, 2.24) is 15.1 Å². The summed E-state index contributed by atoms with van der Waals surface area (Å²) in [6.45, 7) is 5.32. The van der Waals surface area contributed by atoms with Crippen LogP contribution in [-0.4, -0.2) is 29.0 Å². The first-order valence-corrected chi connectivity index (χ1v) is 5.71. The average molecular weight is 209 g/mol. The summed E-state index contributed by atoms with van der Waals surface area (Å²) in [7, 11) is 0. The van der Waals surface area contributed by atoms with Crippen molar-refractivity contribution < 1.29 is 4.74 Å². The van der Waals surface area contributed by atoms with E-state index in [-0.39, 0.29) is 0 Å². The summed E-state index contributed by atoms with van der Waals surface area (Å²) >= 11 is 0. The van der Waals surface area contributed by atoms with Gasteiger partial charge in [0.05, 0.1) is 19.3 Å². The van der Waals surface area contributed by atoms with Gasteiger partial charge in [0.15, 0.2) is 0 Å². The fraction of sp³-hybridized carbons (Fsp3) is 0.727. The molecule has 84 valence electrons. The van der Waals surface area contributed by atoms with Crippen molar-refractivity contribution in [1.29, 1.82) is 0 Å². The molecule has 1 fully saturated rings. The first-order chi connectivity index (χ1) is 7.38. The summed E-state index contributed by atoms with van der Waals surface area (Å²) in [6.07, 6.45) is 6.69. The highest BCUT2D eigenvalue weighted by Crippen LogP contribution is 2.19. The van der Waals surface area contributed by atoms with Gasteiger partial charge in [-0.1, -0.05) is 0 Å². The van der Waals surface area contributed by atoms with Crippen molar-refractivity contribution in [3.05, 3.63) is 18.0 Å². The molecule has 0 amide bonds. The Kier molecular flexibility index (Phi) is 3.75. The van der Waals surface area contributed by atoms with Crippen molar-refractivity contribution in [2.45, 2.75) is 38.9 Å². The maximum absolute atomic E-state index is 5.28. The van der Waals surface area contributed by atoms with E-state index in [0.717, 1.165) is 32.3 Å². The molecule has 1 aliphatic carbocycles. The molecule has 4 heteroatoms. The third-order valence-corrected chi connectivity index (χ3v) is 2.53. The Morgan fingerprint density at radius 2 is 2.47 bits per heavy atom. The van der Waals surface area contributed by atoms with Crippen molar-refractivity contribution in [2.75, 3.05) is 13.2 Å². The summed E-state index contributed by atoms with van der Waals surface area (Å²) in [4.78, 5) is 0. The summed E-state index contributed by atoms with van der Waals surface area (Å²) in [5.74, 6) is 0. The van der Waals surface area contributed by atoms with Crippen LogP contribution in [0.1, 0.15) is 25.3 Å². The minimum absolute atomic E-state index is 0.744. The van der Waals surface area contributed by atoms with Gasteiger partial charge < -0.3 is 10.1 Å². The van der Waals surface area contributed by atoms with Crippen molar-refractivity contribution in [3.63, 3.8) is 0 Å². The Bertz CT molecular complexity index is 294. The van der Waals surface area contributed by atoms with Crippen LogP contribution in [0.15, 0.2) is 12.4 Å². The molecule has 0 unspecified atom stereocenters. The number of nitrogens with zero attached hydrogens (tertiary/aromatic N) is 2. The Morgan fingerprint density at radius 1 is 1.60 bits per heavy atom. The summed E-state index contributed by atoms with van der Waals surface area (Å²) in [5.41, 5.74) is 1.26. The average Bonchev–Trinajstić information content (AvgIpc) is 2.97. The van der Waals surface area contributed by atoms with Crippen molar-refractivity contribution in [2.24, 2.45) is 0 Å². The van der Waals surface area contributed by atoms with E-state index in [1.807, 2.05) is 17.8 Å². The molecule has 0 bridgehead atoms. The van der Waals surface area contributed by atoms with E-state index in [2.05, 4.69) is 16.6 Å². The highest BCUT2D eigenvalue weighted by Gasteiger charge is 2.19. The maximum Gasteiger partial charge on any atom is 0.0662 e. The molecule has 1 aliphatic rings. The molecule has 0 aliphatic heterocycles. The monoisotopic (exact) mass is 209 g/mol. The lowest BCUT2D eigenvalue weighted by molar-refractivity contribution is 0.136. The first-order valence-electron chi connectivity index (χ1n) is 5.71. The van der Waals surface area contributed by atoms with Gasteiger partial charge in [0.2, 0.25) is 0 Å². The van der Waals surface area contributed by atoms with E-state index >= 15 is 0 Å². The molecular formula is C11H19N3O. The molecule has 0 spiro atoms. The van der Waals surface area contributed by atoms with Crippen LogP contribution in [0.5, 0.6) is 0 Å². The number of rotatable bonds is 7. The molecule has 0 aromatic carbocycles. The molecule has 1 aromatic heterocycles. The summed E-state index contributed by atoms with van der Waals surface area (Å²) in [5, 5.41) is 7.75. The Labute approximate surface area is 90.6 Å². The van der Waals surface area contributed by atoms with Crippen LogP contribution in [-0.2, 0) is 17.8 Å². The second kappa shape index (κ2) is 5.28. The van der Waals surface area contributed by atoms with E-state index in [9.17, 15) is 0 Å². The molecule has 15 heavy (non-hydrogen) atoms. The zero-order chi connectivity index (χ0) is 10.5. The van der Waals surface area contributed by atoms with Crippen LogP contribution in [0.25, 0.3) is 0 Å². The Hall–Kier alpha value is -0.870. The minimum atomic E-state index is 0.744. The lowest BCUT2D eigenvalue weighted by atomic mass is 10.3. The van der Waals surface area contributed by atoms with Crippen LogP contribution < -0.4 is 5.32 Å². The number of hydrogen-bond donors (Lipinski definition) is 1. The molecule has 0 saturated heterocycles. The third-order valence-electron chi connectivity index (χ3n) is 2.53. The number of hydrogen-bond acceptors (Lipinski definition) is 3. The SMILES string of the molecule is CCOCCn1cc(CNC2CC2)cn1. The molecular weight excluding hydrogens is 190 g/mol. The zero-order valence-electron chi connectivity index (χ0n) is 9.28. The molecule has 1 saturated carbocycles. The van der Waals surface area contributed by atoms with Crippen LogP contribution in [0, 0.1) is 0 Å². The van der Waals surface area contributed by atoms with Gasteiger partial charge in [-0.05, 0) is 19.8 Å². The number of ether oxygens (including phenoxy) is 1. The normalized spacial score (nSPS) is 15.8. The third kappa shape index (κ3) is 3.64. The van der Waals surface area contributed by atoms with Crippen LogP contribution in [0.4, 0.5) is 0 Å². The molecule has 1 N–H and O–H groups in total. The van der Waals surface area contributed by atoms with Crippen LogP contribution >= 0.6 is 0 Å². The number of aromatic nitrogens is 2. The fourth-order valence-corrected chi connectivity index (χ4v) is 1.47. The first kappa shape index (κ1) is 10.6. The fourth-order valence-electron chi connectivity index (χ4n) is 1.47. The maximum atomic E-state index is 5.28. The van der Waals surface area contributed by atoms with E-state index in [4.69, 9.17) is 4.74 Å². The Balaban J connectivity index is 1.70. The van der Waals surface area contributed by atoms with E-state index in [0.29, 0.717) is 0 Å². The van der Waals surface area contributed by atoms with Gasteiger partial charge in [-0.2, -0.15) is 5.10 Å². The molecule has 0 atom stereocenters. The Morgan fingerprint density at radius 3 is 3.20 bits per heavy atom. The smallest absolute Gasteiger partial charge is 0.0662 e. The van der Waals surface area contributed by atoms with E-state index < -0.39 is 0 Å². The van der Waals surface area contributed by atoms with Crippen LogP contribution in [0.2, 0.25) is 0 Å². The lowest BCUT2D eigenvalue weighted by Gasteiger charge is -2.01. The molecule has 0 radical (unpaired) electrons. The topological polar surface area (TPSA) is 39.1 Å². The standard InChI is InChI=1S/C11H19N3O/c1-2-15-6-5-14-9-10(8-13-14)7-12-11-3-4-11/h8-9,11-12H,2-7H2,1H3. The van der Waals surface area contributed by atoms with E-state index in [1.165, 1.54) is 18.4 Å². The molecule has 1 aromatic rings. The zero-order valence-corrected chi connectivity index (χ0v) is 9.28. The van der Waals surface area contributed by atoms with E-state index in [1.54, 1.807) is 0 Å². The number of nitrogens with one attached hydrogen (secondary N) is 1. The predicted octanol–water partition coefficient (Wildman–Crippen LogP) is 1.17. The van der Waals surface area contributed by atoms with Gasteiger partial charge >= 0.3 is 0 Å². The largest absolute Gasteiger partial charge is 0.380 e. The van der Waals surface area contributed by atoms with Crippen molar-refractivity contribution >= 4 is 0 Å². The highest BCUT2D eigenvalue weighted by atomic mass is 16.5. The molecule has 1 heterocycles. The van der Waals surface area contributed by atoms with Gasteiger partial charge in [-0.3, -0.25) is 4.68 Å². The van der Waals surface area contributed by atoms with Gasteiger partial charge in [-0.15, -0.1) is 0 Å².